The first-order valence-corrected chi connectivity index (χ1v) is 9.27. The molecule has 0 spiro atoms. The number of hydrogen-bond donors (Lipinski definition) is 2. The lowest BCUT2D eigenvalue weighted by molar-refractivity contribution is 0.612. The molecule has 0 fully saturated rings. The summed E-state index contributed by atoms with van der Waals surface area (Å²) in [7, 11) is 0. The van der Waals surface area contributed by atoms with E-state index in [1.807, 2.05) is 48.0 Å². The largest absolute Gasteiger partial charge is 0.370 e. The lowest BCUT2D eigenvalue weighted by Gasteiger charge is -2.24. The molecule has 28 heavy (non-hydrogen) atoms. The Kier molecular flexibility index (Phi) is 3.68. The van der Waals surface area contributed by atoms with Crippen molar-refractivity contribution in [2.24, 2.45) is 10.7 Å². The predicted molar refractivity (Wildman–Crippen MR) is 110 cm³/mol. The normalized spacial score (nSPS) is 15.9. The van der Waals surface area contributed by atoms with Gasteiger partial charge in [0.25, 0.3) is 0 Å². The molecule has 3 N–H and O–H groups in total. The fourth-order valence-corrected chi connectivity index (χ4v) is 3.90. The number of aryl methyl sites for hydroxylation is 1. The Bertz CT molecular complexity index is 1200. The molecular weight excluding hydrogens is 350 g/mol. The number of imidazole rings is 1. The van der Waals surface area contributed by atoms with E-state index in [9.17, 15) is 0 Å². The second-order valence-electron chi connectivity index (χ2n) is 7.03. The lowest BCUT2D eigenvalue weighted by atomic mass is 10.1. The lowest BCUT2D eigenvalue weighted by Crippen LogP contribution is -2.31. The van der Waals surface area contributed by atoms with E-state index < -0.39 is 0 Å². The molecule has 4 aromatic rings. The van der Waals surface area contributed by atoms with Gasteiger partial charge >= 0.3 is 0 Å². The van der Waals surface area contributed by atoms with E-state index in [1.54, 1.807) is 0 Å². The van der Waals surface area contributed by atoms with Gasteiger partial charge in [0.2, 0.25) is 5.95 Å². The van der Waals surface area contributed by atoms with Crippen molar-refractivity contribution in [3.05, 3.63) is 77.1 Å². The summed E-state index contributed by atoms with van der Waals surface area (Å²) >= 11 is 0. The van der Waals surface area contributed by atoms with Gasteiger partial charge < -0.3 is 5.73 Å². The number of aromatic nitrogens is 4. The molecule has 0 saturated carbocycles. The molecule has 2 aromatic carbocycles. The van der Waals surface area contributed by atoms with Gasteiger partial charge in [-0.05, 0) is 31.5 Å². The maximum atomic E-state index is 6.09. The summed E-state index contributed by atoms with van der Waals surface area (Å²) in [5.74, 6) is 1.07. The summed E-state index contributed by atoms with van der Waals surface area (Å²) in [6.45, 7) is 4.83. The van der Waals surface area contributed by atoms with E-state index in [1.165, 1.54) is 5.56 Å². The number of para-hydroxylation sites is 2. The number of nitrogens with one attached hydrogen (secondary N) is 1. The maximum absolute atomic E-state index is 6.09. The molecule has 0 aliphatic carbocycles. The van der Waals surface area contributed by atoms with Crippen LogP contribution >= 0.6 is 0 Å². The number of anilines is 1. The summed E-state index contributed by atoms with van der Waals surface area (Å²) in [6, 6.07) is 18.4. The third kappa shape index (κ3) is 2.55. The first-order valence-electron chi connectivity index (χ1n) is 9.27. The molecule has 7 nitrogen and oxygen atoms in total. The van der Waals surface area contributed by atoms with Crippen LogP contribution in [0.4, 0.5) is 5.95 Å². The third-order valence-corrected chi connectivity index (χ3v) is 5.21. The molecule has 1 unspecified atom stereocenters. The monoisotopic (exact) mass is 371 g/mol. The van der Waals surface area contributed by atoms with E-state index in [4.69, 9.17) is 15.8 Å². The molecule has 0 bridgehead atoms. The van der Waals surface area contributed by atoms with Crippen LogP contribution in [0.25, 0.3) is 11.0 Å². The van der Waals surface area contributed by atoms with Crippen molar-refractivity contribution in [3.63, 3.8) is 0 Å². The molecule has 1 aliphatic rings. The van der Waals surface area contributed by atoms with Gasteiger partial charge in [-0.15, -0.1) is 0 Å². The molecular formula is C21H21N7. The van der Waals surface area contributed by atoms with Crippen molar-refractivity contribution in [2.45, 2.75) is 26.6 Å². The minimum Gasteiger partial charge on any atom is -0.370 e. The van der Waals surface area contributed by atoms with Crippen molar-refractivity contribution in [3.8, 4) is 0 Å². The van der Waals surface area contributed by atoms with Gasteiger partial charge in [-0.1, -0.05) is 42.5 Å². The Balaban J connectivity index is 1.64. The van der Waals surface area contributed by atoms with E-state index in [0.717, 1.165) is 34.5 Å². The van der Waals surface area contributed by atoms with Gasteiger partial charge in [-0.3, -0.25) is 14.6 Å². The van der Waals surface area contributed by atoms with Crippen LogP contribution in [-0.2, 0) is 6.54 Å². The number of rotatable bonds is 3. The number of nitrogens with zero attached hydrogens (tertiary/aromatic N) is 5. The zero-order chi connectivity index (χ0) is 19.3. The van der Waals surface area contributed by atoms with Crippen molar-refractivity contribution >= 4 is 22.9 Å². The molecule has 2 aromatic heterocycles. The zero-order valence-corrected chi connectivity index (χ0v) is 15.8. The van der Waals surface area contributed by atoms with E-state index in [-0.39, 0.29) is 6.17 Å². The summed E-state index contributed by atoms with van der Waals surface area (Å²) in [5, 5.41) is 7.88. The third-order valence-electron chi connectivity index (χ3n) is 5.21. The van der Waals surface area contributed by atoms with Crippen molar-refractivity contribution < 1.29 is 0 Å². The molecule has 140 valence electrons. The van der Waals surface area contributed by atoms with E-state index >= 15 is 0 Å². The molecule has 0 radical (unpaired) electrons. The number of guanidine groups is 1. The highest BCUT2D eigenvalue weighted by atomic mass is 15.4. The van der Waals surface area contributed by atoms with E-state index in [0.29, 0.717) is 11.9 Å². The van der Waals surface area contributed by atoms with Crippen LogP contribution in [0.1, 0.15) is 28.7 Å². The Morgan fingerprint density at radius 2 is 1.79 bits per heavy atom. The molecule has 0 amide bonds. The molecule has 0 saturated heterocycles. The van der Waals surface area contributed by atoms with Crippen LogP contribution in [0.5, 0.6) is 0 Å². The number of hydrogen-bond acceptors (Lipinski definition) is 5. The summed E-state index contributed by atoms with van der Waals surface area (Å²) in [6.07, 6.45) is -0.298. The molecule has 1 atom stereocenters. The first-order chi connectivity index (χ1) is 13.6. The number of fused-ring (bicyclic) bond motifs is 3. The van der Waals surface area contributed by atoms with Crippen LogP contribution in [-0.4, -0.2) is 25.3 Å². The molecule has 7 heteroatoms. The highest BCUT2D eigenvalue weighted by Crippen LogP contribution is 2.35. The topological polar surface area (TPSA) is 86.1 Å². The van der Waals surface area contributed by atoms with Gasteiger partial charge in [0, 0.05) is 11.3 Å². The number of aliphatic imine (C=N–C) groups is 1. The Labute approximate surface area is 162 Å². The zero-order valence-electron chi connectivity index (χ0n) is 15.8. The average molecular weight is 371 g/mol. The second-order valence-corrected chi connectivity index (χ2v) is 7.03. The van der Waals surface area contributed by atoms with Crippen LogP contribution in [0, 0.1) is 13.8 Å². The van der Waals surface area contributed by atoms with Crippen LogP contribution in [0.15, 0.2) is 59.6 Å². The first kappa shape index (κ1) is 16.6. The summed E-state index contributed by atoms with van der Waals surface area (Å²) < 4.78 is 4.13. The highest BCUT2D eigenvalue weighted by molar-refractivity contribution is 5.94. The van der Waals surface area contributed by atoms with Crippen molar-refractivity contribution in [1.29, 1.82) is 0 Å². The van der Waals surface area contributed by atoms with Crippen molar-refractivity contribution in [1.82, 2.24) is 19.3 Å². The minimum absolute atomic E-state index is 0.298. The standard InChI is InChI=1S/C21H21N7/c1-13-18(14(2)27(26-13)12-15-8-4-3-5-9-15)19-24-20(22)25-21-23-16-10-6-7-11-17(16)28(19)21/h3-11,19H,12H2,1-2H3,(H3,22,23,24,25). The number of benzene rings is 2. The second kappa shape index (κ2) is 6.23. The van der Waals surface area contributed by atoms with Crippen LogP contribution < -0.4 is 11.1 Å². The Hall–Kier alpha value is -3.61. The Morgan fingerprint density at radius 3 is 2.61 bits per heavy atom. The predicted octanol–water partition coefficient (Wildman–Crippen LogP) is 3.19. The number of nitrogens with two attached hydrogens (primary N) is 1. The van der Waals surface area contributed by atoms with Gasteiger partial charge in [0.15, 0.2) is 12.1 Å². The van der Waals surface area contributed by atoms with Gasteiger partial charge in [-0.2, -0.15) is 5.10 Å². The SMILES string of the molecule is Cc1nn(Cc2ccccc2)c(C)c1C1N=C(N)Nc2nc3ccccc3n21. The molecule has 3 heterocycles. The summed E-state index contributed by atoms with van der Waals surface area (Å²) in [5.41, 5.74) is 12.3. The fraction of sp³-hybridized carbons (Fsp3) is 0.190. The molecule has 1 aliphatic heterocycles. The van der Waals surface area contributed by atoms with Crippen LogP contribution in [0.2, 0.25) is 0 Å². The van der Waals surface area contributed by atoms with Gasteiger partial charge in [-0.25, -0.2) is 9.98 Å². The smallest absolute Gasteiger partial charge is 0.212 e. The Morgan fingerprint density at radius 1 is 1.04 bits per heavy atom. The van der Waals surface area contributed by atoms with Gasteiger partial charge in [0.05, 0.1) is 23.3 Å². The highest BCUT2D eigenvalue weighted by Gasteiger charge is 2.29. The minimum atomic E-state index is -0.298. The molecule has 5 rings (SSSR count). The van der Waals surface area contributed by atoms with Gasteiger partial charge in [0.1, 0.15) is 0 Å². The average Bonchev–Trinajstić information content (AvgIpc) is 3.19. The van der Waals surface area contributed by atoms with E-state index in [2.05, 4.69) is 40.0 Å². The summed E-state index contributed by atoms with van der Waals surface area (Å²) in [4.78, 5) is 9.39. The maximum Gasteiger partial charge on any atom is 0.212 e. The van der Waals surface area contributed by atoms with Crippen molar-refractivity contribution in [2.75, 3.05) is 5.32 Å². The fourth-order valence-electron chi connectivity index (χ4n) is 3.90. The quantitative estimate of drug-likeness (QED) is 0.579. The van der Waals surface area contributed by atoms with Crippen LogP contribution in [0.3, 0.4) is 0 Å².